The molecule has 0 atom stereocenters. The number of carbonyl (C=O) groups is 1. The molecule has 0 aliphatic heterocycles. The first-order valence-electron chi connectivity index (χ1n) is 12.1. The van der Waals surface area contributed by atoms with E-state index in [4.69, 9.17) is 9.40 Å². The largest absolute Gasteiger partial charge is 0.459 e. The monoisotopic (exact) mass is 423 g/mol. The van der Waals surface area contributed by atoms with Gasteiger partial charge in [0.15, 0.2) is 5.76 Å². The molecule has 0 bridgehead atoms. The first-order chi connectivity index (χ1) is 15.3. The van der Waals surface area contributed by atoms with E-state index in [0.717, 1.165) is 30.7 Å². The van der Waals surface area contributed by atoms with Gasteiger partial charge in [-0.2, -0.15) is 0 Å². The summed E-state index contributed by atoms with van der Waals surface area (Å²) in [6.45, 7) is 3.90. The van der Waals surface area contributed by atoms with Gasteiger partial charge in [0, 0.05) is 19.5 Å². The Bertz CT molecular complexity index is 899. The molecule has 0 radical (unpaired) electrons. The van der Waals surface area contributed by atoms with Crippen molar-refractivity contribution in [1.29, 1.82) is 0 Å². The van der Waals surface area contributed by atoms with Crippen molar-refractivity contribution in [2.75, 3.05) is 6.54 Å². The molecule has 0 unspecified atom stereocenters. The zero-order valence-electron chi connectivity index (χ0n) is 18.9. The number of carbonyl (C=O) groups excluding carboxylic acids is 1. The number of hydrogen-bond donors (Lipinski definition) is 1. The second-order valence-corrected chi connectivity index (χ2v) is 8.33. The van der Waals surface area contributed by atoms with E-state index in [2.05, 4.69) is 35.0 Å². The zero-order valence-corrected chi connectivity index (χ0v) is 18.9. The molecule has 5 nitrogen and oxygen atoms in total. The molecule has 0 aliphatic rings. The van der Waals surface area contributed by atoms with Gasteiger partial charge in [-0.05, 0) is 37.1 Å². The Labute approximate surface area is 186 Å². The molecule has 2 heterocycles. The maximum Gasteiger partial charge on any atom is 0.286 e. The number of imidazole rings is 1. The highest BCUT2D eigenvalue weighted by Gasteiger charge is 2.11. The summed E-state index contributed by atoms with van der Waals surface area (Å²) in [4.78, 5) is 16.9. The van der Waals surface area contributed by atoms with Crippen LogP contribution in [-0.2, 0) is 13.0 Å². The van der Waals surface area contributed by atoms with Gasteiger partial charge in [0.25, 0.3) is 5.91 Å². The zero-order chi connectivity index (χ0) is 21.7. The van der Waals surface area contributed by atoms with E-state index in [1.165, 1.54) is 69.6 Å². The number of nitrogens with zero attached hydrogens (tertiary/aromatic N) is 2. The number of nitrogens with one attached hydrogen (secondary N) is 1. The molecule has 3 aromatic rings. The van der Waals surface area contributed by atoms with Crippen molar-refractivity contribution >= 4 is 16.9 Å². The smallest absolute Gasteiger partial charge is 0.286 e. The second kappa shape index (κ2) is 13.0. The van der Waals surface area contributed by atoms with Crippen LogP contribution in [0.15, 0.2) is 47.1 Å². The minimum absolute atomic E-state index is 0.159. The number of amides is 1. The van der Waals surface area contributed by atoms with Crippen LogP contribution in [0.1, 0.15) is 87.5 Å². The molecule has 3 rings (SSSR count). The topological polar surface area (TPSA) is 60.1 Å². The molecule has 0 saturated carbocycles. The molecule has 1 N–H and O–H groups in total. The summed E-state index contributed by atoms with van der Waals surface area (Å²) in [5.41, 5.74) is 2.28. The number of furan rings is 1. The molecule has 31 heavy (non-hydrogen) atoms. The van der Waals surface area contributed by atoms with Crippen molar-refractivity contribution in [3.05, 3.63) is 54.2 Å². The van der Waals surface area contributed by atoms with Crippen LogP contribution >= 0.6 is 0 Å². The van der Waals surface area contributed by atoms with Gasteiger partial charge in [0.05, 0.1) is 17.3 Å². The van der Waals surface area contributed by atoms with E-state index in [9.17, 15) is 4.79 Å². The SMILES string of the molecule is CCCCCCCCCCCn1c(CCCNC(=O)c2ccco2)nc2ccccc21. The standard InChI is InChI=1S/C26H37N3O2/c1-2-3-4-5-6-7-8-9-12-20-29-23-16-11-10-15-22(23)28-25(29)18-13-19-27-26(30)24-17-14-21-31-24/h10-11,14-17,21H,2-9,12-13,18-20H2,1H3,(H,27,30). The second-order valence-electron chi connectivity index (χ2n) is 8.33. The summed E-state index contributed by atoms with van der Waals surface area (Å²) in [7, 11) is 0. The highest BCUT2D eigenvalue weighted by molar-refractivity contribution is 5.91. The molecule has 168 valence electrons. The van der Waals surface area contributed by atoms with Crippen molar-refractivity contribution < 1.29 is 9.21 Å². The van der Waals surface area contributed by atoms with Crippen LogP contribution in [0, 0.1) is 0 Å². The van der Waals surface area contributed by atoms with E-state index < -0.39 is 0 Å². The van der Waals surface area contributed by atoms with Gasteiger partial charge in [0.2, 0.25) is 0 Å². The summed E-state index contributed by atoms with van der Waals surface area (Å²) in [5.74, 6) is 1.32. The predicted molar refractivity (Wildman–Crippen MR) is 126 cm³/mol. The summed E-state index contributed by atoms with van der Waals surface area (Å²) in [6.07, 6.45) is 15.2. The Morgan fingerprint density at radius 1 is 0.935 bits per heavy atom. The molecular weight excluding hydrogens is 386 g/mol. The van der Waals surface area contributed by atoms with Crippen molar-refractivity contribution in [1.82, 2.24) is 14.9 Å². The average molecular weight is 424 g/mol. The van der Waals surface area contributed by atoms with Gasteiger partial charge in [-0.1, -0.05) is 70.4 Å². The Morgan fingerprint density at radius 3 is 2.42 bits per heavy atom. The highest BCUT2D eigenvalue weighted by atomic mass is 16.3. The normalized spacial score (nSPS) is 11.3. The molecule has 5 heteroatoms. The van der Waals surface area contributed by atoms with Crippen LogP contribution in [0.2, 0.25) is 0 Å². The van der Waals surface area contributed by atoms with Crippen LogP contribution in [0.5, 0.6) is 0 Å². The third-order valence-electron chi connectivity index (χ3n) is 5.83. The maximum atomic E-state index is 12.0. The molecular formula is C26H37N3O2. The molecule has 0 fully saturated rings. The molecule has 0 aliphatic carbocycles. The van der Waals surface area contributed by atoms with E-state index in [0.29, 0.717) is 12.3 Å². The number of para-hydroxylation sites is 2. The number of rotatable bonds is 15. The fraction of sp³-hybridized carbons (Fsp3) is 0.538. The van der Waals surface area contributed by atoms with E-state index >= 15 is 0 Å². The van der Waals surface area contributed by atoms with E-state index in [-0.39, 0.29) is 5.91 Å². The number of aryl methyl sites for hydroxylation is 2. The molecule has 1 amide bonds. The van der Waals surface area contributed by atoms with Crippen molar-refractivity contribution in [2.24, 2.45) is 0 Å². The Morgan fingerprint density at radius 2 is 1.68 bits per heavy atom. The molecule has 1 aromatic carbocycles. The fourth-order valence-corrected chi connectivity index (χ4v) is 4.09. The quantitative estimate of drug-likeness (QED) is 0.283. The minimum Gasteiger partial charge on any atom is -0.459 e. The van der Waals surface area contributed by atoms with E-state index in [1.807, 2.05) is 6.07 Å². The molecule has 2 aromatic heterocycles. The van der Waals surface area contributed by atoms with Crippen LogP contribution in [0.4, 0.5) is 0 Å². The number of unbranched alkanes of at least 4 members (excludes halogenated alkanes) is 8. The van der Waals surface area contributed by atoms with Gasteiger partial charge in [-0.25, -0.2) is 4.98 Å². The Hall–Kier alpha value is -2.56. The lowest BCUT2D eigenvalue weighted by Gasteiger charge is -2.10. The Balaban J connectivity index is 1.44. The van der Waals surface area contributed by atoms with Crippen LogP contribution < -0.4 is 5.32 Å². The first-order valence-corrected chi connectivity index (χ1v) is 12.1. The predicted octanol–water partition coefficient (Wildman–Crippen LogP) is 6.52. The van der Waals surface area contributed by atoms with Crippen LogP contribution in [-0.4, -0.2) is 22.0 Å². The lowest BCUT2D eigenvalue weighted by molar-refractivity contribution is 0.0925. The average Bonchev–Trinajstić information content (AvgIpc) is 3.44. The van der Waals surface area contributed by atoms with Crippen molar-refractivity contribution in [3.8, 4) is 0 Å². The van der Waals surface area contributed by atoms with Crippen LogP contribution in [0.3, 0.4) is 0 Å². The third-order valence-corrected chi connectivity index (χ3v) is 5.83. The van der Waals surface area contributed by atoms with Gasteiger partial charge in [-0.15, -0.1) is 0 Å². The van der Waals surface area contributed by atoms with Gasteiger partial charge >= 0.3 is 0 Å². The van der Waals surface area contributed by atoms with Crippen molar-refractivity contribution in [2.45, 2.75) is 84.1 Å². The number of hydrogen-bond acceptors (Lipinski definition) is 3. The number of fused-ring (bicyclic) bond motifs is 1. The first kappa shape index (κ1) is 23.1. The maximum absolute atomic E-state index is 12.0. The number of aromatic nitrogens is 2. The summed E-state index contributed by atoms with van der Waals surface area (Å²) in [6, 6.07) is 11.8. The summed E-state index contributed by atoms with van der Waals surface area (Å²) in [5, 5.41) is 2.92. The third kappa shape index (κ3) is 7.27. The van der Waals surface area contributed by atoms with Gasteiger partial charge in [-0.3, -0.25) is 4.79 Å². The lowest BCUT2D eigenvalue weighted by Crippen LogP contribution is -2.24. The number of benzene rings is 1. The molecule has 0 spiro atoms. The van der Waals surface area contributed by atoms with Gasteiger partial charge < -0.3 is 14.3 Å². The van der Waals surface area contributed by atoms with E-state index in [1.54, 1.807) is 12.1 Å². The highest BCUT2D eigenvalue weighted by Crippen LogP contribution is 2.19. The minimum atomic E-state index is -0.159. The fourth-order valence-electron chi connectivity index (χ4n) is 4.09. The summed E-state index contributed by atoms with van der Waals surface area (Å²) >= 11 is 0. The lowest BCUT2D eigenvalue weighted by atomic mass is 10.1. The van der Waals surface area contributed by atoms with Crippen LogP contribution in [0.25, 0.3) is 11.0 Å². The summed E-state index contributed by atoms with van der Waals surface area (Å²) < 4.78 is 7.52. The van der Waals surface area contributed by atoms with Crippen molar-refractivity contribution in [3.63, 3.8) is 0 Å². The Kier molecular flexibility index (Phi) is 9.68. The van der Waals surface area contributed by atoms with Gasteiger partial charge in [0.1, 0.15) is 5.82 Å². The molecule has 0 saturated heterocycles.